The lowest BCUT2D eigenvalue weighted by molar-refractivity contribution is 0.531. The van der Waals surface area contributed by atoms with E-state index in [0.29, 0.717) is 0 Å². The Balaban J connectivity index is 2.48. The van der Waals surface area contributed by atoms with Crippen molar-refractivity contribution in [2.24, 2.45) is 5.14 Å². The van der Waals surface area contributed by atoms with E-state index in [9.17, 15) is 0 Å². The van der Waals surface area contributed by atoms with Gasteiger partial charge in [0.1, 0.15) is 0 Å². The molecule has 0 saturated heterocycles. The number of anilines is 1. The molecule has 1 heterocycles. The van der Waals surface area contributed by atoms with E-state index < -0.39 is 0 Å². The Morgan fingerprint density at radius 1 is 1.40 bits per heavy atom. The summed E-state index contributed by atoms with van der Waals surface area (Å²) in [6.07, 6.45) is 0. The van der Waals surface area contributed by atoms with Gasteiger partial charge in [-0.2, -0.15) is 0 Å². The molecular weight excluding hydrogens is 224 g/mol. The molecule has 0 radical (unpaired) electrons. The summed E-state index contributed by atoms with van der Waals surface area (Å²) in [4.78, 5) is 4.94. The highest BCUT2D eigenvalue weighted by atomic mass is 32.2. The average molecular weight is 240 g/mol. The number of benzene rings is 1. The number of thioether (sulfide) groups is 1. The van der Waals surface area contributed by atoms with Crippen LogP contribution in [0.25, 0.3) is 0 Å². The summed E-state index contributed by atoms with van der Waals surface area (Å²) in [7, 11) is 0. The molecule has 0 aromatic heterocycles. The van der Waals surface area contributed by atoms with Crippen LogP contribution in [0.2, 0.25) is 0 Å². The first-order valence-electron chi connectivity index (χ1n) is 4.94. The second kappa shape index (κ2) is 3.92. The lowest BCUT2D eigenvalue weighted by atomic mass is 10.1. The molecule has 2 nitrogen and oxygen atoms in total. The van der Waals surface area contributed by atoms with Gasteiger partial charge in [-0.15, -0.1) is 11.8 Å². The van der Waals surface area contributed by atoms with E-state index in [1.54, 1.807) is 0 Å². The van der Waals surface area contributed by atoms with E-state index in [0.717, 1.165) is 5.88 Å². The van der Waals surface area contributed by atoms with E-state index in [1.807, 2.05) is 11.8 Å². The molecular formula is C11H16N2S2. The molecule has 15 heavy (non-hydrogen) atoms. The quantitative estimate of drug-likeness (QED) is 0.763. The van der Waals surface area contributed by atoms with Crippen LogP contribution in [0.15, 0.2) is 28.0 Å². The third-order valence-corrected chi connectivity index (χ3v) is 4.13. The zero-order valence-electron chi connectivity index (χ0n) is 9.28. The zero-order chi connectivity index (χ0) is 11.1. The van der Waals surface area contributed by atoms with Crippen LogP contribution in [0, 0.1) is 0 Å². The molecule has 1 aromatic rings. The molecule has 1 aromatic carbocycles. The molecule has 0 amide bonds. The Labute approximate surface area is 99.7 Å². The van der Waals surface area contributed by atoms with Crippen molar-refractivity contribution in [3.8, 4) is 0 Å². The molecule has 0 saturated carbocycles. The highest BCUT2D eigenvalue weighted by molar-refractivity contribution is 8.00. The van der Waals surface area contributed by atoms with Gasteiger partial charge < -0.3 is 4.90 Å². The smallest absolute Gasteiger partial charge is 0.0692 e. The molecule has 0 fully saturated rings. The highest BCUT2D eigenvalue weighted by Crippen LogP contribution is 2.46. The molecule has 2 rings (SSSR count). The SMILES string of the molecule is CC(C)(C)N1CSc2cccc(SN)c21. The fourth-order valence-corrected chi connectivity index (χ4v) is 3.58. The molecule has 0 atom stereocenters. The number of rotatable bonds is 1. The number of fused-ring (bicyclic) bond motifs is 1. The van der Waals surface area contributed by atoms with Crippen LogP contribution >= 0.6 is 23.7 Å². The molecule has 4 heteroatoms. The minimum absolute atomic E-state index is 0.157. The number of nitrogens with two attached hydrogens (primary N) is 1. The summed E-state index contributed by atoms with van der Waals surface area (Å²) < 4.78 is 0. The van der Waals surface area contributed by atoms with E-state index in [1.165, 1.54) is 27.4 Å². The Morgan fingerprint density at radius 2 is 2.13 bits per heavy atom. The summed E-state index contributed by atoms with van der Waals surface area (Å²) in [5, 5.41) is 5.71. The second-order valence-corrected chi connectivity index (χ2v) is 6.26. The minimum atomic E-state index is 0.157. The maximum absolute atomic E-state index is 5.71. The number of hydrogen-bond donors (Lipinski definition) is 1. The average Bonchev–Trinajstić information content (AvgIpc) is 2.59. The van der Waals surface area contributed by atoms with Gasteiger partial charge in [0.05, 0.1) is 11.6 Å². The molecule has 0 unspecified atom stereocenters. The van der Waals surface area contributed by atoms with Crippen LogP contribution in [0.5, 0.6) is 0 Å². The monoisotopic (exact) mass is 240 g/mol. The van der Waals surface area contributed by atoms with Crippen molar-refractivity contribution in [2.75, 3.05) is 10.8 Å². The van der Waals surface area contributed by atoms with Gasteiger partial charge in [0.15, 0.2) is 0 Å². The van der Waals surface area contributed by atoms with Crippen molar-refractivity contribution in [1.82, 2.24) is 0 Å². The van der Waals surface area contributed by atoms with Gasteiger partial charge in [0.2, 0.25) is 0 Å². The van der Waals surface area contributed by atoms with Gasteiger partial charge in [0.25, 0.3) is 0 Å². The van der Waals surface area contributed by atoms with E-state index in [-0.39, 0.29) is 5.54 Å². The summed E-state index contributed by atoms with van der Waals surface area (Å²) in [5.74, 6) is 1.02. The molecule has 1 aliphatic heterocycles. The van der Waals surface area contributed by atoms with Crippen LogP contribution in [-0.4, -0.2) is 11.4 Å². The fourth-order valence-electron chi connectivity index (χ4n) is 1.71. The van der Waals surface area contributed by atoms with Crippen molar-refractivity contribution in [3.05, 3.63) is 18.2 Å². The summed E-state index contributed by atoms with van der Waals surface area (Å²) >= 11 is 3.23. The van der Waals surface area contributed by atoms with Crippen LogP contribution in [-0.2, 0) is 0 Å². The van der Waals surface area contributed by atoms with Gasteiger partial charge in [-0.25, -0.2) is 0 Å². The molecule has 2 N–H and O–H groups in total. The predicted molar refractivity (Wildman–Crippen MR) is 69.4 cm³/mol. The van der Waals surface area contributed by atoms with E-state index >= 15 is 0 Å². The molecule has 0 spiro atoms. The van der Waals surface area contributed by atoms with Gasteiger partial charge in [-0.1, -0.05) is 6.07 Å². The number of para-hydroxylation sites is 1. The first-order chi connectivity index (χ1) is 7.04. The fraction of sp³-hybridized carbons (Fsp3) is 0.455. The Kier molecular flexibility index (Phi) is 2.92. The van der Waals surface area contributed by atoms with E-state index in [2.05, 4.69) is 43.9 Å². The second-order valence-electron chi connectivity index (χ2n) is 4.59. The Bertz CT molecular complexity index is 371. The zero-order valence-corrected chi connectivity index (χ0v) is 10.9. The predicted octanol–water partition coefficient (Wildman–Crippen LogP) is 3.32. The molecule has 0 aliphatic carbocycles. The summed E-state index contributed by atoms with van der Waals surface area (Å²) in [5.41, 5.74) is 1.46. The Hall–Kier alpha value is -0.320. The lowest BCUT2D eigenvalue weighted by Gasteiger charge is -2.34. The topological polar surface area (TPSA) is 29.3 Å². The van der Waals surface area contributed by atoms with Crippen LogP contribution < -0.4 is 10.0 Å². The van der Waals surface area contributed by atoms with Crippen LogP contribution in [0.4, 0.5) is 5.69 Å². The van der Waals surface area contributed by atoms with E-state index in [4.69, 9.17) is 5.14 Å². The number of nitrogens with zero attached hydrogens (tertiary/aromatic N) is 1. The normalized spacial score (nSPS) is 15.6. The number of hydrogen-bond acceptors (Lipinski definition) is 4. The van der Waals surface area contributed by atoms with Crippen molar-refractivity contribution >= 4 is 29.4 Å². The van der Waals surface area contributed by atoms with Gasteiger partial charge >= 0.3 is 0 Å². The summed E-state index contributed by atoms with van der Waals surface area (Å²) in [6.45, 7) is 6.71. The Morgan fingerprint density at radius 3 is 2.73 bits per heavy atom. The largest absolute Gasteiger partial charge is 0.355 e. The van der Waals surface area contributed by atoms with Crippen molar-refractivity contribution < 1.29 is 0 Å². The van der Waals surface area contributed by atoms with Crippen molar-refractivity contribution in [1.29, 1.82) is 0 Å². The maximum atomic E-state index is 5.71. The van der Waals surface area contributed by atoms with Gasteiger partial charge in [-0.05, 0) is 44.9 Å². The molecule has 1 aliphatic rings. The lowest BCUT2D eigenvalue weighted by Crippen LogP contribution is -2.39. The third kappa shape index (κ3) is 1.98. The van der Waals surface area contributed by atoms with Crippen molar-refractivity contribution in [3.63, 3.8) is 0 Å². The van der Waals surface area contributed by atoms with Crippen LogP contribution in [0.3, 0.4) is 0 Å². The molecule has 0 bridgehead atoms. The summed E-state index contributed by atoms with van der Waals surface area (Å²) in [6, 6.07) is 6.34. The van der Waals surface area contributed by atoms with Gasteiger partial charge in [0, 0.05) is 15.3 Å². The first-order valence-corrected chi connectivity index (χ1v) is 6.81. The standard InChI is InChI=1S/C11H16N2S2/c1-11(2,3)13-7-14-8-5-4-6-9(15-12)10(8)13/h4-6H,7,12H2,1-3H3. The highest BCUT2D eigenvalue weighted by Gasteiger charge is 2.30. The maximum Gasteiger partial charge on any atom is 0.0692 e. The third-order valence-electron chi connectivity index (χ3n) is 2.52. The van der Waals surface area contributed by atoms with Crippen molar-refractivity contribution in [2.45, 2.75) is 36.1 Å². The van der Waals surface area contributed by atoms with Crippen LogP contribution in [0.1, 0.15) is 20.8 Å². The first kappa shape index (κ1) is 11.2. The molecule has 82 valence electrons. The van der Waals surface area contributed by atoms with Gasteiger partial charge in [-0.3, -0.25) is 5.14 Å². The minimum Gasteiger partial charge on any atom is -0.355 e.